The number of hydrogen-bond acceptors (Lipinski definition) is 2. The van der Waals surface area contributed by atoms with Crippen molar-refractivity contribution in [1.29, 1.82) is 0 Å². The van der Waals surface area contributed by atoms with E-state index in [0.717, 1.165) is 8.95 Å². The Morgan fingerprint density at radius 1 is 0.564 bits per heavy atom. The van der Waals surface area contributed by atoms with E-state index in [9.17, 15) is 8.42 Å². The number of sulfone groups is 1. The lowest BCUT2D eigenvalue weighted by Gasteiger charge is -2.22. The Morgan fingerprint density at radius 3 is 1.26 bits per heavy atom. The number of benzene rings is 4. The molecule has 0 N–H and O–H groups in total. The van der Waals surface area contributed by atoms with Crippen LogP contribution < -0.4 is 0 Å². The van der Waals surface area contributed by atoms with E-state index < -0.39 is 20.3 Å². The van der Waals surface area contributed by atoms with Crippen molar-refractivity contribution in [3.8, 4) is 0 Å². The molecule has 0 amide bonds. The Balaban J connectivity index is 1.85. The smallest absolute Gasteiger partial charge is 0.171 e. The first kappa shape index (κ1) is 30.4. The van der Waals surface area contributed by atoms with Gasteiger partial charge in [-0.2, -0.15) is 0 Å². The van der Waals surface area contributed by atoms with Gasteiger partial charge in [-0.25, -0.2) is 8.42 Å². The molecule has 0 aromatic heterocycles. The molecule has 0 spiro atoms. The van der Waals surface area contributed by atoms with Crippen LogP contribution in [0.5, 0.6) is 0 Å². The van der Waals surface area contributed by atoms with Gasteiger partial charge in [0.2, 0.25) is 0 Å². The fourth-order valence-electron chi connectivity index (χ4n) is 3.94. The van der Waals surface area contributed by atoms with Crippen molar-refractivity contribution in [2.24, 2.45) is 0 Å². The van der Waals surface area contributed by atoms with Crippen LogP contribution in [0.4, 0.5) is 0 Å². The van der Waals surface area contributed by atoms with Gasteiger partial charge in [0.15, 0.2) is 9.84 Å². The first-order chi connectivity index (χ1) is 18.5. The molecule has 2 atom stereocenters. The highest BCUT2D eigenvalue weighted by molar-refractivity contribution is 9.10. The summed E-state index contributed by atoms with van der Waals surface area (Å²) in [5.41, 5.74) is 2.51. The van der Waals surface area contributed by atoms with Gasteiger partial charge in [-0.05, 0) is 70.8 Å². The summed E-state index contributed by atoms with van der Waals surface area (Å²) in [6.07, 6.45) is 6.74. The summed E-state index contributed by atoms with van der Waals surface area (Å²) < 4.78 is 30.6. The van der Waals surface area contributed by atoms with Gasteiger partial charge < -0.3 is 0 Å². The first-order valence-electron chi connectivity index (χ1n) is 11.5. The Hall–Kier alpha value is -1.57. The highest BCUT2D eigenvalue weighted by Gasteiger charge is 2.33. The van der Waals surface area contributed by atoms with E-state index in [4.69, 9.17) is 46.4 Å². The zero-order valence-electron chi connectivity index (χ0n) is 20.0. The molecule has 0 saturated heterocycles. The number of halogens is 6. The lowest BCUT2D eigenvalue weighted by Crippen LogP contribution is -2.19. The van der Waals surface area contributed by atoms with E-state index in [1.165, 1.54) is 0 Å². The van der Waals surface area contributed by atoms with E-state index in [1.807, 2.05) is 24.3 Å². The molecule has 9 heteroatoms. The average molecular weight is 746 g/mol. The van der Waals surface area contributed by atoms with Gasteiger partial charge in [0.05, 0.1) is 0 Å². The van der Waals surface area contributed by atoms with Gasteiger partial charge in [0, 0.05) is 29.0 Å². The maximum Gasteiger partial charge on any atom is 0.171 e. The molecule has 0 aliphatic carbocycles. The molecule has 200 valence electrons. The zero-order valence-corrected chi connectivity index (χ0v) is 27.1. The zero-order chi connectivity index (χ0) is 28.2. The van der Waals surface area contributed by atoms with E-state index >= 15 is 0 Å². The predicted octanol–water partition coefficient (Wildman–Crippen LogP) is 11.4. The molecule has 0 fully saturated rings. The standard InChI is InChI=1S/C30H20Br2Cl4O2S/c31-23-9-1-19(27(35)17-23)7-15-29(21-3-11-25(33)12-4-21)39(37,38)30(22-5-13-26(34)14-6-22)16-8-20-2-10-24(32)18-28(20)36/h1-18,29-30H. The van der Waals surface area contributed by atoms with Crippen LogP contribution in [-0.2, 0) is 9.84 Å². The molecule has 2 unspecified atom stereocenters. The van der Waals surface area contributed by atoms with Crippen molar-refractivity contribution in [1.82, 2.24) is 0 Å². The summed E-state index contributed by atoms with van der Waals surface area (Å²) in [7, 11) is -3.94. The topological polar surface area (TPSA) is 34.1 Å². The monoisotopic (exact) mass is 742 g/mol. The number of rotatable bonds is 8. The van der Waals surface area contributed by atoms with Crippen molar-refractivity contribution in [2.75, 3.05) is 0 Å². The second-order valence-electron chi connectivity index (χ2n) is 8.58. The molecule has 0 heterocycles. The van der Waals surface area contributed by atoms with Gasteiger partial charge in [0.25, 0.3) is 0 Å². The fourth-order valence-corrected chi connectivity index (χ4v) is 7.65. The van der Waals surface area contributed by atoms with Crippen LogP contribution in [0.15, 0.2) is 106 Å². The summed E-state index contributed by atoms with van der Waals surface area (Å²) in [5.74, 6) is 0. The minimum absolute atomic E-state index is 0.493. The molecular formula is C30H20Br2Cl4O2S. The summed E-state index contributed by atoms with van der Waals surface area (Å²) >= 11 is 31.9. The molecule has 0 radical (unpaired) electrons. The molecule has 4 aromatic carbocycles. The molecule has 0 bridgehead atoms. The maximum absolute atomic E-state index is 14.5. The predicted molar refractivity (Wildman–Crippen MR) is 174 cm³/mol. The van der Waals surface area contributed by atoms with Crippen LogP contribution in [0.3, 0.4) is 0 Å². The average Bonchev–Trinajstić information content (AvgIpc) is 2.88. The Bertz CT molecular complexity index is 1520. The molecule has 4 aromatic rings. The quantitative estimate of drug-likeness (QED) is 0.180. The fraction of sp³-hybridized carbons (Fsp3) is 0.0667. The van der Waals surface area contributed by atoms with Crippen LogP contribution in [0, 0.1) is 0 Å². The summed E-state index contributed by atoms with van der Waals surface area (Å²) in [6.45, 7) is 0. The Kier molecular flexibility index (Phi) is 10.4. The van der Waals surface area contributed by atoms with E-state index in [2.05, 4.69) is 31.9 Å². The molecule has 0 aliphatic heterocycles. The van der Waals surface area contributed by atoms with Crippen LogP contribution in [0.2, 0.25) is 20.1 Å². The molecule has 0 saturated carbocycles. The highest BCUT2D eigenvalue weighted by Crippen LogP contribution is 2.38. The molecule has 2 nitrogen and oxygen atoms in total. The molecular weight excluding hydrogens is 726 g/mol. The second-order valence-corrected chi connectivity index (χ2v) is 14.3. The normalized spacial score (nSPS) is 13.7. The highest BCUT2D eigenvalue weighted by atomic mass is 79.9. The van der Waals surface area contributed by atoms with Crippen LogP contribution >= 0.6 is 78.3 Å². The van der Waals surface area contributed by atoms with Crippen molar-refractivity contribution in [2.45, 2.75) is 10.5 Å². The minimum Gasteiger partial charge on any atom is -0.227 e. The Labute approximate surface area is 265 Å². The molecule has 4 rings (SSSR count). The third-order valence-corrected chi connectivity index (χ3v) is 10.4. The number of hydrogen-bond donors (Lipinski definition) is 0. The van der Waals surface area contributed by atoms with E-state index in [1.54, 1.807) is 85.0 Å². The van der Waals surface area contributed by atoms with Crippen molar-refractivity contribution < 1.29 is 8.42 Å². The van der Waals surface area contributed by atoms with E-state index in [-0.39, 0.29) is 0 Å². The van der Waals surface area contributed by atoms with Crippen molar-refractivity contribution in [3.05, 3.63) is 148 Å². The molecule has 0 aliphatic rings. The van der Waals surface area contributed by atoms with Gasteiger partial charge in [-0.3, -0.25) is 0 Å². The van der Waals surface area contributed by atoms with Gasteiger partial charge >= 0.3 is 0 Å². The largest absolute Gasteiger partial charge is 0.227 e. The summed E-state index contributed by atoms with van der Waals surface area (Å²) in [6, 6.07) is 24.4. The van der Waals surface area contributed by atoms with E-state index in [0.29, 0.717) is 42.3 Å². The maximum atomic E-state index is 14.5. The Morgan fingerprint density at radius 2 is 0.923 bits per heavy atom. The van der Waals surface area contributed by atoms with Crippen LogP contribution in [0.25, 0.3) is 12.2 Å². The van der Waals surface area contributed by atoms with Crippen LogP contribution in [0.1, 0.15) is 32.8 Å². The minimum atomic E-state index is -3.94. The van der Waals surface area contributed by atoms with Crippen LogP contribution in [-0.4, -0.2) is 8.42 Å². The summed E-state index contributed by atoms with van der Waals surface area (Å²) in [5, 5.41) is -0.0260. The lowest BCUT2D eigenvalue weighted by molar-refractivity contribution is 0.584. The second kappa shape index (κ2) is 13.4. The third kappa shape index (κ3) is 7.80. The SMILES string of the molecule is O=S(=O)(C(C=Cc1ccc(Br)cc1Cl)c1ccc(Cl)cc1)C(C=Cc1ccc(Br)cc1Cl)c1ccc(Cl)cc1. The van der Waals surface area contributed by atoms with Gasteiger partial charge in [-0.1, -0.05) is 139 Å². The van der Waals surface area contributed by atoms with Gasteiger partial charge in [0.1, 0.15) is 10.5 Å². The first-order valence-corrected chi connectivity index (χ1v) is 16.3. The van der Waals surface area contributed by atoms with Crippen molar-refractivity contribution in [3.63, 3.8) is 0 Å². The lowest BCUT2D eigenvalue weighted by atomic mass is 10.1. The van der Waals surface area contributed by atoms with Gasteiger partial charge in [-0.15, -0.1) is 0 Å². The third-order valence-electron chi connectivity index (χ3n) is 5.93. The molecule has 39 heavy (non-hydrogen) atoms. The van der Waals surface area contributed by atoms with Crippen molar-refractivity contribution >= 4 is 100 Å². The summed E-state index contributed by atoms with van der Waals surface area (Å²) in [4.78, 5) is 0.